The maximum absolute atomic E-state index is 12.1. The topological polar surface area (TPSA) is 99.6 Å². The lowest BCUT2D eigenvalue weighted by molar-refractivity contribution is -0.123. The molecule has 24 heavy (non-hydrogen) atoms. The van der Waals surface area contributed by atoms with E-state index in [9.17, 15) is 9.59 Å². The van der Waals surface area contributed by atoms with Crippen molar-refractivity contribution in [3.05, 3.63) is 42.0 Å². The Hall–Kier alpha value is -3.16. The van der Waals surface area contributed by atoms with E-state index in [1.165, 1.54) is 19.3 Å². The molecule has 0 unspecified atom stereocenters. The summed E-state index contributed by atoms with van der Waals surface area (Å²) >= 11 is 0. The summed E-state index contributed by atoms with van der Waals surface area (Å²) in [5.41, 5.74) is 1.24. The van der Waals surface area contributed by atoms with E-state index in [-0.39, 0.29) is 12.5 Å². The Morgan fingerprint density at radius 1 is 1.21 bits per heavy atom. The van der Waals surface area contributed by atoms with Gasteiger partial charge in [0.1, 0.15) is 0 Å². The van der Waals surface area contributed by atoms with E-state index in [1.54, 1.807) is 25.1 Å². The van der Waals surface area contributed by atoms with Crippen LogP contribution in [0.2, 0.25) is 0 Å². The SMILES string of the molecule is Cc1cnc(C(=O)O[C@H](C)C(=O)Nc2ccc3c(c2)OCO3)cn1. The third-order valence-electron chi connectivity index (χ3n) is 3.28. The van der Waals surface area contributed by atoms with Gasteiger partial charge in [0, 0.05) is 18.0 Å². The van der Waals surface area contributed by atoms with Gasteiger partial charge in [-0.1, -0.05) is 0 Å². The summed E-state index contributed by atoms with van der Waals surface area (Å²) < 4.78 is 15.5. The number of anilines is 1. The molecule has 2 aromatic rings. The van der Waals surface area contributed by atoms with E-state index >= 15 is 0 Å². The zero-order valence-electron chi connectivity index (χ0n) is 13.1. The van der Waals surface area contributed by atoms with Gasteiger partial charge in [-0.05, 0) is 26.0 Å². The van der Waals surface area contributed by atoms with Crippen molar-refractivity contribution < 1.29 is 23.8 Å². The van der Waals surface area contributed by atoms with Crippen LogP contribution >= 0.6 is 0 Å². The number of nitrogens with one attached hydrogen (secondary N) is 1. The van der Waals surface area contributed by atoms with Crippen molar-refractivity contribution in [3.63, 3.8) is 0 Å². The molecule has 8 heteroatoms. The maximum atomic E-state index is 12.1. The van der Waals surface area contributed by atoms with Crippen LogP contribution < -0.4 is 14.8 Å². The van der Waals surface area contributed by atoms with Crippen LogP contribution in [-0.4, -0.2) is 34.7 Å². The standard InChI is InChI=1S/C16H15N3O5/c1-9-6-18-12(7-17-9)16(21)24-10(2)15(20)19-11-3-4-13-14(5-11)23-8-22-13/h3-7,10H,8H2,1-2H3,(H,19,20)/t10-/m1/s1. The van der Waals surface area contributed by atoms with Crippen molar-refractivity contribution in [1.82, 2.24) is 9.97 Å². The van der Waals surface area contributed by atoms with Crippen molar-refractivity contribution in [2.75, 3.05) is 12.1 Å². The lowest BCUT2D eigenvalue weighted by Gasteiger charge is -2.13. The zero-order chi connectivity index (χ0) is 17.1. The summed E-state index contributed by atoms with van der Waals surface area (Å²) in [4.78, 5) is 32.0. The minimum Gasteiger partial charge on any atom is -0.454 e. The van der Waals surface area contributed by atoms with Gasteiger partial charge in [0.05, 0.1) is 11.9 Å². The molecule has 1 aliphatic rings. The first-order valence-corrected chi connectivity index (χ1v) is 7.23. The number of ether oxygens (including phenoxy) is 3. The van der Waals surface area contributed by atoms with Crippen LogP contribution in [0.3, 0.4) is 0 Å². The zero-order valence-corrected chi connectivity index (χ0v) is 13.1. The number of nitrogens with zero attached hydrogens (tertiary/aromatic N) is 2. The second kappa shape index (κ2) is 6.53. The highest BCUT2D eigenvalue weighted by Crippen LogP contribution is 2.34. The molecule has 0 spiro atoms. The molecule has 1 N–H and O–H groups in total. The van der Waals surface area contributed by atoms with Crippen LogP contribution in [0.15, 0.2) is 30.6 Å². The number of aryl methyl sites for hydroxylation is 1. The summed E-state index contributed by atoms with van der Waals surface area (Å²) in [5.74, 6) is -0.0177. The molecule has 1 aliphatic heterocycles. The fourth-order valence-corrected chi connectivity index (χ4v) is 1.99. The average molecular weight is 329 g/mol. The van der Waals surface area contributed by atoms with Gasteiger partial charge >= 0.3 is 5.97 Å². The van der Waals surface area contributed by atoms with Crippen molar-refractivity contribution in [2.45, 2.75) is 20.0 Å². The lowest BCUT2D eigenvalue weighted by atomic mass is 10.2. The predicted octanol–water partition coefficient (Wildman–Crippen LogP) is 1.70. The molecule has 8 nitrogen and oxygen atoms in total. The molecule has 1 atom stereocenters. The van der Waals surface area contributed by atoms with Crippen LogP contribution in [0.1, 0.15) is 23.1 Å². The highest BCUT2D eigenvalue weighted by Gasteiger charge is 2.21. The fraction of sp³-hybridized carbons (Fsp3) is 0.250. The number of fused-ring (bicyclic) bond motifs is 1. The van der Waals surface area contributed by atoms with Gasteiger partial charge in [0.2, 0.25) is 6.79 Å². The number of carbonyl (C=O) groups excluding carboxylic acids is 2. The second-order valence-corrected chi connectivity index (χ2v) is 5.15. The van der Waals surface area contributed by atoms with E-state index in [0.717, 1.165) is 0 Å². The smallest absolute Gasteiger partial charge is 0.359 e. The number of rotatable bonds is 4. The number of carbonyl (C=O) groups is 2. The van der Waals surface area contributed by atoms with Crippen molar-refractivity contribution in [1.29, 1.82) is 0 Å². The molecule has 124 valence electrons. The molecule has 0 saturated carbocycles. The summed E-state index contributed by atoms with van der Waals surface area (Å²) in [5, 5.41) is 2.65. The normalized spacial score (nSPS) is 13.2. The van der Waals surface area contributed by atoms with E-state index in [1.807, 2.05) is 0 Å². The molecular formula is C16H15N3O5. The Balaban J connectivity index is 1.60. The molecule has 2 heterocycles. The molecule has 0 radical (unpaired) electrons. The Kier molecular flexibility index (Phi) is 4.28. The van der Waals surface area contributed by atoms with E-state index in [2.05, 4.69) is 15.3 Å². The number of hydrogen-bond donors (Lipinski definition) is 1. The first-order chi connectivity index (χ1) is 11.5. The molecule has 3 rings (SSSR count). The van der Waals surface area contributed by atoms with E-state index in [4.69, 9.17) is 14.2 Å². The first-order valence-electron chi connectivity index (χ1n) is 7.23. The highest BCUT2D eigenvalue weighted by atomic mass is 16.7. The molecular weight excluding hydrogens is 314 g/mol. The molecule has 0 fully saturated rings. The van der Waals surface area contributed by atoms with Crippen molar-refractivity contribution >= 4 is 17.6 Å². The maximum Gasteiger partial charge on any atom is 0.359 e. The Labute approximate surface area is 137 Å². The van der Waals surface area contributed by atoms with Crippen LogP contribution in [0.25, 0.3) is 0 Å². The number of amides is 1. The number of esters is 1. The van der Waals surface area contributed by atoms with Gasteiger partial charge in [0.25, 0.3) is 5.91 Å². The van der Waals surface area contributed by atoms with E-state index < -0.39 is 18.0 Å². The second-order valence-electron chi connectivity index (χ2n) is 5.15. The summed E-state index contributed by atoms with van der Waals surface area (Å²) in [6.07, 6.45) is 1.76. The molecule has 1 amide bonds. The lowest BCUT2D eigenvalue weighted by Crippen LogP contribution is -2.30. The average Bonchev–Trinajstić information content (AvgIpc) is 3.03. The van der Waals surface area contributed by atoms with Crippen LogP contribution in [-0.2, 0) is 9.53 Å². The summed E-state index contributed by atoms with van der Waals surface area (Å²) in [6, 6.07) is 5.00. The molecule has 0 bridgehead atoms. The molecule has 0 aliphatic carbocycles. The van der Waals surface area contributed by atoms with Crippen molar-refractivity contribution in [3.8, 4) is 11.5 Å². The first kappa shape index (κ1) is 15.7. The largest absolute Gasteiger partial charge is 0.454 e. The third kappa shape index (κ3) is 3.43. The summed E-state index contributed by atoms with van der Waals surface area (Å²) in [6.45, 7) is 3.38. The number of benzene rings is 1. The third-order valence-corrected chi connectivity index (χ3v) is 3.28. The van der Waals surface area contributed by atoms with Crippen LogP contribution in [0.4, 0.5) is 5.69 Å². The van der Waals surface area contributed by atoms with Crippen LogP contribution in [0.5, 0.6) is 11.5 Å². The monoisotopic (exact) mass is 329 g/mol. The van der Waals surface area contributed by atoms with Gasteiger partial charge in [-0.3, -0.25) is 9.78 Å². The number of aromatic nitrogens is 2. The van der Waals surface area contributed by atoms with Gasteiger partial charge in [0.15, 0.2) is 23.3 Å². The van der Waals surface area contributed by atoms with Crippen molar-refractivity contribution in [2.24, 2.45) is 0 Å². The van der Waals surface area contributed by atoms with Gasteiger partial charge < -0.3 is 19.5 Å². The molecule has 1 aromatic carbocycles. The van der Waals surface area contributed by atoms with E-state index in [0.29, 0.717) is 22.9 Å². The molecule has 0 saturated heterocycles. The molecule has 1 aromatic heterocycles. The predicted molar refractivity (Wildman–Crippen MR) is 82.8 cm³/mol. The Morgan fingerprint density at radius 2 is 2.00 bits per heavy atom. The highest BCUT2D eigenvalue weighted by molar-refractivity contribution is 5.97. The minimum absolute atomic E-state index is 0.0447. The fourth-order valence-electron chi connectivity index (χ4n) is 1.99. The van der Waals surface area contributed by atoms with Crippen LogP contribution in [0, 0.1) is 6.92 Å². The minimum atomic E-state index is -0.994. The Bertz CT molecular complexity index is 776. The van der Waals surface area contributed by atoms with Gasteiger partial charge in [-0.15, -0.1) is 0 Å². The van der Waals surface area contributed by atoms with Gasteiger partial charge in [-0.25, -0.2) is 9.78 Å². The summed E-state index contributed by atoms with van der Waals surface area (Å²) in [7, 11) is 0. The quantitative estimate of drug-likeness (QED) is 0.852. The van der Waals surface area contributed by atoms with Gasteiger partial charge in [-0.2, -0.15) is 0 Å². The number of hydrogen-bond acceptors (Lipinski definition) is 7. The Morgan fingerprint density at radius 3 is 2.75 bits per heavy atom.